The van der Waals surface area contributed by atoms with Crippen LogP contribution in [0.1, 0.15) is 19.8 Å². The van der Waals surface area contributed by atoms with Crippen LogP contribution in [0.4, 0.5) is 0 Å². The lowest BCUT2D eigenvalue weighted by atomic mass is 9.97. The van der Waals surface area contributed by atoms with Crippen molar-refractivity contribution in [1.82, 2.24) is 4.90 Å². The van der Waals surface area contributed by atoms with Gasteiger partial charge >= 0.3 is 0 Å². The number of amides is 1. The van der Waals surface area contributed by atoms with Gasteiger partial charge in [-0.2, -0.15) is 0 Å². The molecule has 1 aliphatic heterocycles. The molecule has 1 atom stereocenters. The molecule has 0 aliphatic carbocycles. The van der Waals surface area contributed by atoms with E-state index >= 15 is 0 Å². The van der Waals surface area contributed by atoms with Crippen molar-refractivity contribution in [2.45, 2.75) is 19.8 Å². The Bertz CT molecular complexity index is 153. The second kappa shape index (κ2) is 2.86. The van der Waals surface area contributed by atoms with Gasteiger partial charge in [-0.15, -0.1) is 0 Å². The summed E-state index contributed by atoms with van der Waals surface area (Å²) in [7, 11) is 0. The molecule has 1 fully saturated rings. The Kier molecular flexibility index (Phi) is 2.10. The SMILES string of the molecule is C=C1C(C)CCCN1C=O. The van der Waals surface area contributed by atoms with Gasteiger partial charge in [-0.3, -0.25) is 4.79 Å². The minimum absolute atomic E-state index is 0.485. The van der Waals surface area contributed by atoms with Crippen molar-refractivity contribution < 1.29 is 4.79 Å². The van der Waals surface area contributed by atoms with Crippen LogP contribution in [-0.2, 0) is 4.79 Å². The first-order valence-electron chi connectivity index (χ1n) is 3.66. The zero-order chi connectivity index (χ0) is 7.56. The molecular weight excluding hydrogens is 126 g/mol. The van der Waals surface area contributed by atoms with Gasteiger partial charge in [-0.05, 0) is 18.8 Å². The molecule has 1 heterocycles. The number of piperidine rings is 1. The summed E-state index contributed by atoms with van der Waals surface area (Å²) in [4.78, 5) is 12.1. The molecule has 1 amide bonds. The number of nitrogens with zero attached hydrogens (tertiary/aromatic N) is 1. The molecule has 1 rings (SSSR count). The molecule has 2 heteroatoms. The van der Waals surface area contributed by atoms with Crippen LogP contribution in [0.15, 0.2) is 12.3 Å². The standard InChI is InChI=1S/C8H13NO/c1-7-4-3-5-9(6-10)8(7)2/h6-7H,2-5H2,1H3. The first-order chi connectivity index (χ1) is 4.75. The summed E-state index contributed by atoms with van der Waals surface area (Å²) in [6, 6.07) is 0. The van der Waals surface area contributed by atoms with E-state index in [2.05, 4.69) is 13.5 Å². The van der Waals surface area contributed by atoms with Gasteiger partial charge < -0.3 is 4.90 Å². The Morgan fingerprint density at radius 1 is 1.80 bits per heavy atom. The molecule has 0 bridgehead atoms. The van der Waals surface area contributed by atoms with Gasteiger partial charge in [0.25, 0.3) is 0 Å². The highest BCUT2D eigenvalue weighted by molar-refractivity contribution is 5.51. The van der Waals surface area contributed by atoms with E-state index in [4.69, 9.17) is 0 Å². The number of hydrogen-bond donors (Lipinski definition) is 0. The third-order valence-corrected chi connectivity index (χ3v) is 2.10. The normalized spacial score (nSPS) is 26.7. The topological polar surface area (TPSA) is 20.3 Å². The molecule has 0 spiro atoms. The highest BCUT2D eigenvalue weighted by Crippen LogP contribution is 2.23. The number of rotatable bonds is 1. The Morgan fingerprint density at radius 3 is 3.00 bits per heavy atom. The lowest BCUT2D eigenvalue weighted by Crippen LogP contribution is -2.30. The van der Waals surface area contributed by atoms with Crippen LogP contribution >= 0.6 is 0 Å². The molecule has 0 N–H and O–H groups in total. The van der Waals surface area contributed by atoms with Crippen LogP contribution in [0.5, 0.6) is 0 Å². The summed E-state index contributed by atoms with van der Waals surface area (Å²) >= 11 is 0. The summed E-state index contributed by atoms with van der Waals surface area (Å²) in [6.45, 7) is 6.81. The monoisotopic (exact) mass is 139 g/mol. The van der Waals surface area contributed by atoms with Crippen LogP contribution < -0.4 is 0 Å². The molecule has 0 aromatic rings. The van der Waals surface area contributed by atoms with Crippen LogP contribution in [0, 0.1) is 5.92 Å². The third-order valence-electron chi connectivity index (χ3n) is 2.10. The van der Waals surface area contributed by atoms with Crippen LogP contribution in [-0.4, -0.2) is 17.9 Å². The number of allylic oxidation sites excluding steroid dienone is 1. The molecule has 0 aromatic heterocycles. The van der Waals surface area contributed by atoms with Crippen molar-refractivity contribution in [3.8, 4) is 0 Å². The molecule has 56 valence electrons. The fourth-order valence-electron chi connectivity index (χ4n) is 1.28. The second-order valence-corrected chi connectivity index (χ2v) is 2.83. The summed E-state index contributed by atoms with van der Waals surface area (Å²) in [5.74, 6) is 0.485. The van der Waals surface area contributed by atoms with Crippen LogP contribution in [0.2, 0.25) is 0 Å². The molecule has 1 unspecified atom stereocenters. The smallest absolute Gasteiger partial charge is 0.213 e. The fraction of sp³-hybridized carbons (Fsp3) is 0.625. The second-order valence-electron chi connectivity index (χ2n) is 2.83. The van der Waals surface area contributed by atoms with E-state index in [1.807, 2.05) is 0 Å². The number of carbonyl (C=O) groups is 1. The van der Waals surface area contributed by atoms with Crippen molar-refractivity contribution in [1.29, 1.82) is 0 Å². The number of carbonyl (C=O) groups excluding carboxylic acids is 1. The Balaban J connectivity index is 2.59. The van der Waals surface area contributed by atoms with E-state index in [9.17, 15) is 4.79 Å². The van der Waals surface area contributed by atoms with Crippen molar-refractivity contribution in [3.63, 3.8) is 0 Å². The minimum Gasteiger partial charge on any atom is -0.319 e. The average molecular weight is 139 g/mol. The predicted octanol–water partition coefficient (Wildman–Crippen LogP) is 1.39. The number of likely N-dealkylation sites (tertiary alicyclic amines) is 1. The molecule has 1 saturated heterocycles. The lowest BCUT2D eigenvalue weighted by Gasteiger charge is -2.29. The van der Waals surface area contributed by atoms with E-state index in [-0.39, 0.29) is 0 Å². The maximum absolute atomic E-state index is 10.4. The van der Waals surface area contributed by atoms with E-state index in [0.29, 0.717) is 5.92 Å². The fourth-order valence-corrected chi connectivity index (χ4v) is 1.28. The average Bonchev–Trinajstić information content (AvgIpc) is 1.95. The quantitative estimate of drug-likeness (QED) is 0.503. The van der Waals surface area contributed by atoms with Gasteiger partial charge in [0.15, 0.2) is 0 Å². The summed E-state index contributed by atoms with van der Waals surface area (Å²) in [6.07, 6.45) is 3.15. The predicted molar refractivity (Wildman–Crippen MR) is 40.3 cm³/mol. The molecule has 0 aromatic carbocycles. The van der Waals surface area contributed by atoms with Crippen molar-refractivity contribution in [3.05, 3.63) is 12.3 Å². The van der Waals surface area contributed by atoms with E-state index in [1.165, 1.54) is 6.42 Å². The molecular formula is C8H13NO. The van der Waals surface area contributed by atoms with Gasteiger partial charge in [0, 0.05) is 12.2 Å². The van der Waals surface area contributed by atoms with Gasteiger partial charge in [-0.1, -0.05) is 13.5 Å². The maximum Gasteiger partial charge on any atom is 0.213 e. The van der Waals surface area contributed by atoms with E-state index < -0.39 is 0 Å². The molecule has 0 saturated carbocycles. The van der Waals surface area contributed by atoms with Crippen molar-refractivity contribution in [2.75, 3.05) is 6.54 Å². The minimum atomic E-state index is 0.485. The van der Waals surface area contributed by atoms with E-state index in [1.54, 1.807) is 4.90 Å². The first kappa shape index (κ1) is 7.32. The molecule has 2 nitrogen and oxygen atoms in total. The highest BCUT2D eigenvalue weighted by atomic mass is 16.1. The lowest BCUT2D eigenvalue weighted by molar-refractivity contribution is -0.117. The van der Waals surface area contributed by atoms with Crippen LogP contribution in [0.3, 0.4) is 0 Å². The van der Waals surface area contributed by atoms with Gasteiger partial charge in [0.2, 0.25) is 6.41 Å². The van der Waals surface area contributed by atoms with Gasteiger partial charge in [0.1, 0.15) is 0 Å². The largest absolute Gasteiger partial charge is 0.319 e. The molecule has 1 aliphatic rings. The summed E-state index contributed by atoms with van der Waals surface area (Å²) in [5, 5.41) is 0. The summed E-state index contributed by atoms with van der Waals surface area (Å²) < 4.78 is 0. The molecule has 10 heavy (non-hydrogen) atoms. The van der Waals surface area contributed by atoms with Crippen molar-refractivity contribution in [2.24, 2.45) is 5.92 Å². The Hall–Kier alpha value is -0.790. The van der Waals surface area contributed by atoms with Gasteiger partial charge in [-0.25, -0.2) is 0 Å². The Morgan fingerprint density at radius 2 is 2.50 bits per heavy atom. The zero-order valence-corrected chi connectivity index (χ0v) is 6.34. The maximum atomic E-state index is 10.4. The molecule has 0 radical (unpaired) electrons. The van der Waals surface area contributed by atoms with Crippen LogP contribution in [0.25, 0.3) is 0 Å². The number of hydrogen-bond acceptors (Lipinski definition) is 1. The van der Waals surface area contributed by atoms with Crippen molar-refractivity contribution >= 4 is 6.41 Å². The first-order valence-corrected chi connectivity index (χ1v) is 3.66. The summed E-state index contributed by atoms with van der Waals surface area (Å²) in [5.41, 5.74) is 0.973. The van der Waals surface area contributed by atoms with E-state index in [0.717, 1.165) is 25.1 Å². The highest BCUT2D eigenvalue weighted by Gasteiger charge is 2.18. The zero-order valence-electron chi connectivity index (χ0n) is 6.34. The third kappa shape index (κ3) is 1.20. The van der Waals surface area contributed by atoms with Gasteiger partial charge in [0.05, 0.1) is 0 Å². The Labute approximate surface area is 61.5 Å².